The number of rotatable bonds is 4. The van der Waals surface area contributed by atoms with Gasteiger partial charge in [0, 0.05) is 5.56 Å². The van der Waals surface area contributed by atoms with Crippen LogP contribution in [0.3, 0.4) is 0 Å². The van der Waals surface area contributed by atoms with Crippen LogP contribution >= 0.6 is 11.3 Å². The van der Waals surface area contributed by atoms with Crippen molar-refractivity contribution in [1.29, 1.82) is 0 Å². The lowest BCUT2D eigenvalue weighted by atomic mass is 10.1. The molecule has 0 unspecified atom stereocenters. The van der Waals surface area contributed by atoms with Crippen LogP contribution in [0.2, 0.25) is 0 Å². The lowest BCUT2D eigenvalue weighted by Gasteiger charge is -2.04. The van der Waals surface area contributed by atoms with Gasteiger partial charge in [-0.25, -0.2) is 18.1 Å². The SMILES string of the molecule is CNS(=O)(=O)c1ccc2nc(NC(=O)c3ccccc3C)sc2c1. The summed E-state index contributed by atoms with van der Waals surface area (Å²) in [6.07, 6.45) is 0. The molecule has 0 aliphatic heterocycles. The molecule has 1 aromatic heterocycles. The molecule has 0 aliphatic carbocycles. The summed E-state index contributed by atoms with van der Waals surface area (Å²) < 4.78 is 26.7. The van der Waals surface area contributed by atoms with Gasteiger partial charge in [-0.3, -0.25) is 10.1 Å². The zero-order chi connectivity index (χ0) is 17.3. The summed E-state index contributed by atoms with van der Waals surface area (Å²) in [7, 11) is -2.15. The van der Waals surface area contributed by atoms with E-state index in [1.165, 1.54) is 24.5 Å². The Morgan fingerprint density at radius 2 is 1.92 bits per heavy atom. The number of nitrogens with zero attached hydrogens (tertiary/aromatic N) is 1. The van der Waals surface area contributed by atoms with Crippen LogP contribution in [0.5, 0.6) is 0 Å². The number of thiazole rings is 1. The molecular formula is C16H15N3O3S2. The highest BCUT2D eigenvalue weighted by Crippen LogP contribution is 2.28. The van der Waals surface area contributed by atoms with Gasteiger partial charge in [-0.15, -0.1) is 0 Å². The van der Waals surface area contributed by atoms with E-state index in [-0.39, 0.29) is 10.8 Å². The smallest absolute Gasteiger partial charge is 0.257 e. The maximum Gasteiger partial charge on any atom is 0.257 e. The standard InChI is InChI=1S/C16H15N3O3S2/c1-10-5-3-4-6-12(10)15(20)19-16-18-13-8-7-11(9-14(13)23-16)24(21,22)17-2/h3-9,17H,1-2H3,(H,18,19,20). The molecule has 6 nitrogen and oxygen atoms in total. The molecule has 0 saturated heterocycles. The van der Waals surface area contributed by atoms with Gasteiger partial charge >= 0.3 is 0 Å². The zero-order valence-corrected chi connectivity index (χ0v) is 14.7. The van der Waals surface area contributed by atoms with Gasteiger partial charge < -0.3 is 0 Å². The number of hydrogen-bond donors (Lipinski definition) is 2. The summed E-state index contributed by atoms with van der Waals surface area (Å²) in [5, 5.41) is 3.19. The van der Waals surface area contributed by atoms with Crippen molar-refractivity contribution in [3.8, 4) is 0 Å². The average molecular weight is 361 g/mol. The molecule has 8 heteroatoms. The number of aryl methyl sites for hydroxylation is 1. The first-order chi connectivity index (χ1) is 11.4. The minimum Gasteiger partial charge on any atom is -0.298 e. The molecule has 0 bridgehead atoms. The van der Waals surface area contributed by atoms with Crippen LogP contribution in [0.15, 0.2) is 47.4 Å². The summed E-state index contributed by atoms with van der Waals surface area (Å²) in [6.45, 7) is 1.86. The number of nitrogens with one attached hydrogen (secondary N) is 2. The zero-order valence-electron chi connectivity index (χ0n) is 13.0. The Balaban J connectivity index is 1.91. The van der Waals surface area contributed by atoms with Gasteiger partial charge in [0.1, 0.15) is 0 Å². The third kappa shape index (κ3) is 3.16. The molecule has 3 aromatic rings. The lowest BCUT2D eigenvalue weighted by molar-refractivity contribution is 0.102. The molecule has 1 heterocycles. The summed E-state index contributed by atoms with van der Waals surface area (Å²) >= 11 is 1.23. The van der Waals surface area contributed by atoms with Gasteiger partial charge in [0.2, 0.25) is 10.0 Å². The Hall–Kier alpha value is -2.29. The third-order valence-corrected chi connectivity index (χ3v) is 5.89. The highest BCUT2D eigenvalue weighted by atomic mass is 32.2. The quantitative estimate of drug-likeness (QED) is 0.748. The van der Waals surface area contributed by atoms with Gasteiger partial charge in [0.15, 0.2) is 5.13 Å². The predicted molar refractivity (Wildman–Crippen MR) is 95.0 cm³/mol. The van der Waals surface area contributed by atoms with E-state index in [1.54, 1.807) is 24.3 Å². The second-order valence-electron chi connectivity index (χ2n) is 5.13. The van der Waals surface area contributed by atoms with Gasteiger partial charge in [-0.2, -0.15) is 0 Å². The molecule has 2 aromatic carbocycles. The largest absolute Gasteiger partial charge is 0.298 e. The van der Waals surface area contributed by atoms with Gasteiger partial charge in [0.25, 0.3) is 5.91 Å². The van der Waals surface area contributed by atoms with Crippen LogP contribution in [0.25, 0.3) is 10.2 Å². The van der Waals surface area contributed by atoms with Crippen molar-refractivity contribution in [2.24, 2.45) is 0 Å². The average Bonchev–Trinajstić information content (AvgIpc) is 2.96. The fraction of sp³-hybridized carbons (Fsp3) is 0.125. The molecule has 0 fully saturated rings. The number of benzene rings is 2. The van der Waals surface area contributed by atoms with E-state index >= 15 is 0 Å². The van der Waals surface area contributed by atoms with Crippen molar-refractivity contribution < 1.29 is 13.2 Å². The fourth-order valence-electron chi connectivity index (χ4n) is 2.24. The third-order valence-electron chi connectivity index (χ3n) is 3.55. The Bertz CT molecular complexity index is 1030. The Labute approximate surface area is 143 Å². The van der Waals surface area contributed by atoms with Gasteiger partial charge in [-0.05, 0) is 43.8 Å². The number of carbonyl (C=O) groups is 1. The van der Waals surface area contributed by atoms with Crippen molar-refractivity contribution in [3.05, 3.63) is 53.6 Å². The molecule has 124 valence electrons. The number of hydrogen-bond acceptors (Lipinski definition) is 5. The van der Waals surface area contributed by atoms with Gasteiger partial charge in [-0.1, -0.05) is 29.5 Å². The molecule has 0 aliphatic rings. The predicted octanol–water partition coefficient (Wildman–Crippen LogP) is 2.77. The number of amides is 1. The number of aromatic nitrogens is 1. The monoisotopic (exact) mass is 361 g/mol. The van der Waals surface area contributed by atoms with E-state index in [0.29, 0.717) is 20.9 Å². The molecule has 3 rings (SSSR count). The number of sulfonamides is 1. The number of carbonyl (C=O) groups excluding carboxylic acids is 1. The fourth-order valence-corrected chi connectivity index (χ4v) is 3.97. The van der Waals surface area contributed by atoms with E-state index in [0.717, 1.165) is 5.56 Å². The van der Waals surface area contributed by atoms with Crippen LogP contribution in [0.1, 0.15) is 15.9 Å². The number of anilines is 1. The van der Waals surface area contributed by atoms with Crippen molar-refractivity contribution in [2.75, 3.05) is 12.4 Å². The first-order valence-electron chi connectivity index (χ1n) is 7.12. The first-order valence-corrected chi connectivity index (χ1v) is 9.42. The molecule has 0 spiro atoms. The Kier molecular flexibility index (Phi) is 4.35. The minimum absolute atomic E-state index is 0.165. The van der Waals surface area contributed by atoms with Crippen molar-refractivity contribution in [1.82, 2.24) is 9.71 Å². The van der Waals surface area contributed by atoms with E-state index in [4.69, 9.17) is 0 Å². The van der Waals surface area contributed by atoms with Crippen molar-refractivity contribution in [3.63, 3.8) is 0 Å². The minimum atomic E-state index is -3.51. The van der Waals surface area contributed by atoms with Crippen LogP contribution in [-0.4, -0.2) is 26.4 Å². The number of fused-ring (bicyclic) bond motifs is 1. The molecule has 0 saturated carbocycles. The van der Waals surface area contributed by atoms with Crippen LogP contribution < -0.4 is 10.0 Å². The van der Waals surface area contributed by atoms with E-state index in [2.05, 4.69) is 15.0 Å². The van der Waals surface area contributed by atoms with Crippen LogP contribution in [-0.2, 0) is 10.0 Å². The van der Waals surface area contributed by atoms with Crippen molar-refractivity contribution >= 4 is 42.6 Å². The van der Waals surface area contributed by atoms with E-state index < -0.39 is 10.0 Å². The summed E-state index contributed by atoms with van der Waals surface area (Å²) in [6, 6.07) is 11.9. The molecule has 0 atom stereocenters. The van der Waals surface area contributed by atoms with Crippen LogP contribution in [0.4, 0.5) is 5.13 Å². The maximum absolute atomic E-state index is 12.3. The summed E-state index contributed by atoms with van der Waals surface area (Å²) in [5.74, 6) is -0.241. The van der Waals surface area contributed by atoms with Crippen molar-refractivity contribution in [2.45, 2.75) is 11.8 Å². The first kappa shape index (κ1) is 16.6. The molecule has 1 amide bonds. The summed E-state index contributed by atoms with van der Waals surface area (Å²) in [4.78, 5) is 16.8. The second-order valence-corrected chi connectivity index (χ2v) is 8.04. The maximum atomic E-state index is 12.3. The highest BCUT2D eigenvalue weighted by molar-refractivity contribution is 7.89. The second kappa shape index (κ2) is 6.31. The topological polar surface area (TPSA) is 88.2 Å². The Morgan fingerprint density at radius 3 is 2.62 bits per heavy atom. The Morgan fingerprint density at radius 1 is 1.17 bits per heavy atom. The lowest BCUT2D eigenvalue weighted by Crippen LogP contribution is -2.18. The van der Waals surface area contributed by atoms with E-state index in [9.17, 15) is 13.2 Å². The molecule has 0 radical (unpaired) electrons. The molecule has 24 heavy (non-hydrogen) atoms. The van der Waals surface area contributed by atoms with Crippen LogP contribution in [0, 0.1) is 6.92 Å². The molecular weight excluding hydrogens is 346 g/mol. The molecule has 2 N–H and O–H groups in total. The van der Waals surface area contributed by atoms with Gasteiger partial charge in [0.05, 0.1) is 15.1 Å². The summed E-state index contributed by atoms with van der Waals surface area (Å²) in [5.41, 5.74) is 2.09. The van der Waals surface area contributed by atoms with E-state index in [1.807, 2.05) is 19.1 Å². The normalized spacial score (nSPS) is 11.6. The highest BCUT2D eigenvalue weighted by Gasteiger charge is 2.15.